The number of Topliss-reactive ketones (excluding diaryl/α,β-unsaturated/α-hetero) is 1. The van der Waals surface area contributed by atoms with Crippen LogP contribution in [0.25, 0.3) is 0 Å². The molecule has 4 unspecified atom stereocenters. The predicted octanol–water partition coefficient (Wildman–Crippen LogP) is 2.35. The van der Waals surface area contributed by atoms with Crippen molar-refractivity contribution in [2.75, 3.05) is 20.7 Å². The Balaban J connectivity index is 1.82. The van der Waals surface area contributed by atoms with E-state index in [-0.39, 0.29) is 23.2 Å². The van der Waals surface area contributed by atoms with E-state index < -0.39 is 0 Å². The third-order valence-electron chi connectivity index (χ3n) is 6.97. The summed E-state index contributed by atoms with van der Waals surface area (Å²) in [5, 5.41) is 0. The van der Waals surface area contributed by atoms with Gasteiger partial charge in [0, 0.05) is 23.4 Å². The number of ether oxygens (including phenoxy) is 2. The lowest BCUT2D eigenvalue weighted by Gasteiger charge is -2.59. The Morgan fingerprint density at radius 3 is 3.00 bits per heavy atom. The van der Waals surface area contributed by atoms with Crippen LogP contribution in [0.1, 0.15) is 24.0 Å². The molecule has 0 radical (unpaired) electrons. The number of benzene rings is 1. The molecule has 2 aliphatic heterocycles. The molecule has 2 bridgehead atoms. The average Bonchev–Trinajstić information content (AvgIpc) is 2.94. The molecule has 2 fully saturated rings. The van der Waals surface area contributed by atoms with Gasteiger partial charge in [0.2, 0.25) is 0 Å². The molecule has 4 aliphatic rings. The van der Waals surface area contributed by atoms with Gasteiger partial charge in [0.05, 0.1) is 7.11 Å². The van der Waals surface area contributed by atoms with Gasteiger partial charge in [0.1, 0.15) is 0 Å². The first-order valence-corrected chi connectivity index (χ1v) is 8.84. The van der Waals surface area contributed by atoms with Gasteiger partial charge in [-0.25, -0.2) is 0 Å². The summed E-state index contributed by atoms with van der Waals surface area (Å²) in [6.45, 7) is 5.06. The third-order valence-corrected chi connectivity index (χ3v) is 6.97. The second-order valence-electron chi connectivity index (χ2n) is 7.77. The van der Waals surface area contributed by atoms with E-state index in [9.17, 15) is 4.79 Å². The summed E-state index contributed by atoms with van der Waals surface area (Å²) in [5.74, 6) is 2.45. The predicted molar refractivity (Wildman–Crippen MR) is 90.6 cm³/mol. The molecule has 5 atom stereocenters. The van der Waals surface area contributed by atoms with Gasteiger partial charge in [-0.2, -0.15) is 0 Å². The van der Waals surface area contributed by atoms with Crippen LogP contribution in [0.4, 0.5) is 0 Å². The van der Waals surface area contributed by atoms with Crippen LogP contribution in [-0.4, -0.2) is 43.5 Å². The molecular formula is C20H23NO3. The van der Waals surface area contributed by atoms with Gasteiger partial charge in [-0.15, -0.1) is 6.58 Å². The lowest BCUT2D eigenvalue weighted by Crippen LogP contribution is -2.67. The van der Waals surface area contributed by atoms with Gasteiger partial charge in [-0.1, -0.05) is 12.1 Å². The van der Waals surface area contributed by atoms with Crippen molar-refractivity contribution in [3.8, 4) is 11.5 Å². The molecule has 2 aliphatic carbocycles. The van der Waals surface area contributed by atoms with Crippen molar-refractivity contribution in [2.45, 2.75) is 36.8 Å². The standard InChI is InChI=1S/C20H23NO3/c1-4-11-10-14(22)19-20-7-8-21(2)13(16(11)20)9-12-5-6-15(23-3)18(24-19)17(12)20/h4-6,11,13,16,19H,1,7-10H2,2-3H3/t11-,13?,16?,19?,20?/m0/s1. The normalized spacial score (nSPS) is 39.2. The van der Waals surface area contributed by atoms with E-state index in [4.69, 9.17) is 9.47 Å². The quantitative estimate of drug-likeness (QED) is 0.783. The van der Waals surface area contributed by atoms with Gasteiger partial charge < -0.3 is 14.4 Å². The van der Waals surface area contributed by atoms with E-state index in [1.165, 1.54) is 11.1 Å². The third kappa shape index (κ3) is 1.47. The van der Waals surface area contributed by atoms with Crippen molar-refractivity contribution < 1.29 is 14.3 Å². The molecule has 5 rings (SSSR count). The summed E-state index contributed by atoms with van der Waals surface area (Å²) < 4.78 is 11.9. The van der Waals surface area contributed by atoms with Crippen LogP contribution in [-0.2, 0) is 16.6 Å². The van der Waals surface area contributed by atoms with Crippen LogP contribution in [0.15, 0.2) is 24.8 Å². The Morgan fingerprint density at radius 1 is 1.42 bits per heavy atom. The first-order chi connectivity index (χ1) is 11.6. The minimum atomic E-state index is -0.347. The number of likely N-dealkylation sites (N-methyl/N-ethyl adjacent to an activating group) is 1. The minimum Gasteiger partial charge on any atom is -0.493 e. The topological polar surface area (TPSA) is 38.8 Å². The van der Waals surface area contributed by atoms with E-state index in [1.54, 1.807) is 7.11 Å². The summed E-state index contributed by atoms with van der Waals surface area (Å²) in [7, 11) is 3.89. The minimum absolute atomic E-state index is 0.192. The Hall–Kier alpha value is -1.81. The maximum absolute atomic E-state index is 12.9. The lowest BCUT2D eigenvalue weighted by molar-refractivity contribution is -0.141. The zero-order valence-corrected chi connectivity index (χ0v) is 14.2. The molecule has 4 nitrogen and oxygen atoms in total. The van der Waals surface area contributed by atoms with Crippen LogP contribution in [0.2, 0.25) is 0 Å². The molecule has 1 aromatic carbocycles. The van der Waals surface area contributed by atoms with Crippen molar-refractivity contribution in [3.63, 3.8) is 0 Å². The summed E-state index contributed by atoms with van der Waals surface area (Å²) in [5.41, 5.74) is 2.41. The molecule has 0 amide bonds. The molecule has 4 heteroatoms. The van der Waals surface area contributed by atoms with Crippen molar-refractivity contribution in [1.82, 2.24) is 4.90 Å². The molecule has 1 spiro atoms. The van der Waals surface area contributed by atoms with Crippen LogP contribution in [0, 0.1) is 11.8 Å². The number of carbonyl (C=O) groups excluding carboxylic acids is 1. The summed E-state index contributed by atoms with van der Waals surface area (Å²) >= 11 is 0. The van der Waals surface area contributed by atoms with Crippen molar-refractivity contribution in [3.05, 3.63) is 35.9 Å². The molecule has 2 heterocycles. The summed E-state index contributed by atoms with van der Waals surface area (Å²) in [6.07, 6.45) is 4.20. The van der Waals surface area contributed by atoms with Crippen LogP contribution >= 0.6 is 0 Å². The monoisotopic (exact) mass is 325 g/mol. The molecule has 126 valence electrons. The summed E-state index contributed by atoms with van der Waals surface area (Å²) in [4.78, 5) is 15.4. The number of nitrogens with zero attached hydrogens (tertiary/aromatic N) is 1. The Morgan fingerprint density at radius 2 is 2.25 bits per heavy atom. The highest BCUT2D eigenvalue weighted by atomic mass is 16.5. The fourth-order valence-corrected chi connectivity index (χ4v) is 6.05. The van der Waals surface area contributed by atoms with Crippen LogP contribution < -0.4 is 9.47 Å². The highest BCUT2D eigenvalue weighted by Crippen LogP contribution is 2.64. The molecule has 1 aromatic rings. The van der Waals surface area contributed by atoms with Gasteiger partial charge in [0.25, 0.3) is 0 Å². The molecular weight excluding hydrogens is 302 g/mol. The first-order valence-electron chi connectivity index (χ1n) is 8.84. The van der Waals surface area contributed by atoms with Crippen molar-refractivity contribution in [2.24, 2.45) is 11.8 Å². The van der Waals surface area contributed by atoms with Gasteiger partial charge in [-0.05, 0) is 49.9 Å². The molecule has 1 saturated carbocycles. The molecule has 1 saturated heterocycles. The highest BCUT2D eigenvalue weighted by Gasteiger charge is 2.67. The largest absolute Gasteiger partial charge is 0.493 e. The summed E-state index contributed by atoms with van der Waals surface area (Å²) in [6, 6.07) is 4.62. The van der Waals surface area contributed by atoms with E-state index in [0.29, 0.717) is 18.4 Å². The first kappa shape index (κ1) is 14.5. The number of allylic oxidation sites excluding steroid dienone is 1. The van der Waals surface area contributed by atoms with Crippen LogP contribution in [0.5, 0.6) is 11.5 Å². The molecule has 0 N–H and O–H groups in total. The zero-order chi connectivity index (χ0) is 16.6. The van der Waals surface area contributed by atoms with Gasteiger partial charge in [-0.3, -0.25) is 4.79 Å². The smallest absolute Gasteiger partial charge is 0.174 e. The Labute approximate surface area is 142 Å². The number of rotatable bonds is 2. The zero-order valence-electron chi connectivity index (χ0n) is 14.2. The SMILES string of the molecule is C=C[C@H]1CC(=O)C2Oc3c(OC)ccc4c3C23CCN(C)C(C4)C13. The Bertz CT molecular complexity index is 757. The number of likely N-dealkylation sites (tertiary alicyclic amines) is 1. The maximum atomic E-state index is 12.9. The van der Waals surface area contributed by atoms with E-state index in [1.807, 2.05) is 12.1 Å². The van der Waals surface area contributed by atoms with Crippen molar-refractivity contribution in [1.29, 1.82) is 0 Å². The molecule has 24 heavy (non-hydrogen) atoms. The number of piperidine rings is 1. The molecule has 0 aromatic heterocycles. The van der Waals surface area contributed by atoms with E-state index in [0.717, 1.165) is 30.9 Å². The van der Waals surface area contributed by atoms with Crippen LogP contribution in [0.3, 0.4) is 0 Å². The fourth-order valence-electron chi connectivity index (χ4n) is 6.05. The van der Waals surface area contributed by atoms with Gasteiger partial charge >= 0.3 is 0 Å². The average molecular weight is 325 g/mol. The Kier molecular flexibility index (Phi) is 2.80. The highest BCUT2D eigenvalue weighted by molar-refractivity contribution is 5.89. The maximum Gasteiger partial charge on any atom is 0.174 e. The lowest BCUT2D eigenvalue weighted by atomic mass is 9.49. The number of carbonyl (C=O) groups is 1. The number of hydrogen-bond acceptors (Lipinski definition) is 4. The number of hydrogen-bond donors (Lipinski definition) is 0. The van der Waals surface area contributed by atoms with E-state index >= 15 is 0 Å². The number of methoxy groups -OCH3 is 1. The van der Waals surface area contributed by atoms with Gasteiger partial charge in [0.15, 0.2) is 23.4 Å². The second-order valence-corrected chi connectivity index (χ2v) is 7.77. The van der Waals surface area contributed by atoms with E-state index in [2.05, 4.69) is 24.6 Å². The van der Waals surface area contributed by atoms with Crippen molar-refractivity contribution >= 4 is 5.78 Å². The number of ketones is 1. The fraction of sp³-hybridized carbons (Fsp3) is 0.550. The second kappa shape index (κ2) is 4.63.